The van der Waals surface area contributed by atoms with Crippen LogP contribution in [0.2, 0.25) is 5.02 Å². The molecule has 0 saturated carbocycles. The molecule has 0 aliphatic heterocycles. The van der Waals surface area contributed by atoms with Crippen LogP contribution in [0.25, 0.3) is 0 Å². The van der Waals surface area contributed by atoms with Crippen LogP contribution in [0.3, 0.4) is 0 Å². The number of hydrogen-bond donors (Lipinski definition) is 1. The summed E-state index contributed by atoms with van der Waals surface area (Å²) in [4.78, 5) is 29.1. The molecule has 0 radical (unpaired) electrons. The van der Waals surface area contributed by atoms with Gasteiger partial charge in [0.25, 0.3) is 0 Å². The maximum atomic E-state index is 14.1. The van der Waals surface area contributed by atoms with Crippen LogP contribution >= 0.6 is 11.6 Å². The standard InChI is InChI=1S/C30H36ClN3O4S/c1-5-18-32-30(36)28(19-24-13-7-6-8-14-24)33(20-25-15-10-9-12-22(25)2)29(35)21-34(39(4,37)38)27-17-11-16-26(31)23(27)3/h6-17,28H,5,18-21H2,1-4H3,(H,32,36)/t28-/m1/s1. The lowest BCUT2D eigenvalue weighted by atomic mass is 10.0. The van der Waals surface area contributed by atoms with Gasteiger partial charge >= 0.3 is 0 Å². The van der Waals surface area contributed by atoms with Crippen molar-refractivity contribution in [2.75, 3.05) is 23.7 Å². The Balaban J connectivity index is 2.08. The van der Waals surface area contributed by atoms with Crippen molar-refractivity contribution in [1.29, 1.82) is 0 Å². The number of anilines is 1. The highest BCUT2D eigenvalue weighted by Crippen LogP contribution is 2.28. The lowest BCUT2D eigenvalue weighted by molar-refractivity contribution is -0.140. The van der Waals surface area contributed by atoms with Gasteiger partial charge in [-0.15, -0.1) is 0 Å². The molecule has 0 spiro atoms. The van der Waals surface area contributed by atoms with Gasteiger partial charge in [-0.3, -0.25) is 13.9 Å². The summed E-state index contributed by atoms with van der Waals surface area (Å²) in [5, 5.41) is 3.33. The van der Waals surface area contributed by atoms with E-state index in [-0.39, 0.29) is 18.9 Å². The van der Waals surface area contributed by atoms with Gasteiger partial charge in [-0.25, -0.2) is 8.42 Å². The quantitative estimate of drug-likeness (QED) is 0.336. The molecule has 0 unspecified atom stereocenters. The molecule has 7 nitrogen and oxygen atoms in total. The maximum Gasteiger partial charge on any atom is 0.244 e. The lowest BCUT2D eigenvalue weighted by Gasteiger charge is -2.34. The van der Waals surface area contributed by atoms with E-state index in [1.54, 1.807) is 25.1 Å². The molecule has 0 bridgehead atoms. The summed E-state index contributed by atoms with van der Waals surface area (Å²) in [5.74, 6) is -0.775. The molecule has 0 fully saturated rings. The number of aryl methyl sites for hydroxylation is 1. The Morgan fingerprint density at radius 1 is 0.949 bits per heavy atom. The molecule has 3 rings (SSSR count). The van der Waals surface area contributed by atoms with E-state index in [0.29, 0.717) is 22.8 Å². The van der Waals surface area contributed by atoms with E-state index in [1.165, 1.54) is 4.90 Å². The zero-order valence-corrected chi connectivity index (χ0v) is 24.4. The van der Waals surface area contributed by atoms with Gasteiger partial charge < -0.3 is 10.2 Å². The third-order valence-corrected chi connectivity index (χ3v) is 8.15. The third-order valence-electron chi connectivity index (χ3n) is 6.61. The molecule has 1 atom stereocenters. The van der Waals surface area contributed by atoms with Crippen LogP contribution in [0.4, 0.5) is 5.69 Å². The number of nitrogens with zero attached hydrogens (tertiary/aromatic N) is 2. The van der Waals surface area contributed by atoms with E-state index < -0.39 is 28.5 Å². The monoisotopic (exact) mass is 569 g/mol. The average Bonchev–Trinajstić information content (AvgIpc) is 2.90. The van der Waals surface area contributed by atoms with E-state index in [1.807, 2.05) is 68.4 Å². The molecule has 208 valence electrons. The highest BCUT2D eigenvalue weighted by Gasteiger charge is 2.33. The van der Waals surface area contributed by atoms with Gasteiger partial charge in [0.15, 0.2) is 0 Å². The predicted octanol–water partition coefficient (Wildman–Crippen LogP) is 4.89. The van der Waals surface area contributed by atoms with Crippen LogP contribution in [-0.2, 0) is 32.6 Å². The highest BCUT2D eigenvalue weighted by molar-refractivity contribution is 7.92. The minimum atomic E-state index is -3.86. The van der Waals surface area contributed by atoms with Crippen molar-refractivity contribution in [1.82, 2.24) is 10.2 Å². The topological polar surface area (TPSA) is 86.8 Å². The summed E-state index contributed by atoms with van der Waals surface area (Å²) in [6.45, 7) is 5.75. The van der Waals surface area contributed by atoms with Crippen LogP contribution in [0.1, 0.15) is 35.6 Å². The summed E-state index contributed by atoms with van der Waals surface area (Å²) in [6.07, 6.45) is 2.08. The highest BCUT2D eigenvalue weighted by atomic mass is 35.5. The molecule has 3 aromatic carbocycles. The van der Waals surface area contributed by atoms with Gasteiger partial charge in [0, 0.05) is 24.5 Å². The number of rotatable bonds is 12. The Bertz CT molecular complexity index is 1400. The SMILES string of the molecule is CCCNC(=O)[C@@H](Cc1ccccc1)N(Cc1ccccc1C)C(=O)CN(c1cccc(Cl)c1C)S(C)(=O)=O. The molecule has 9 heteroatoms. The predicted molar refractivity (Wildman–Crippen MR) is 157 cm³/mol. The Labute approximate surface area is 236 Å². The van der Waals surface area contributed by atoms with Gasteiger partial charge in [-0.2, -0.15) is 0 Å². The van der Waals surface area contributed by atoms with Crippen LogP contribution in [0.15, 0.2) is 72.8 Å². The van der Waals surface area contributed by atoms with E-state index in [4.69, 9.17) is 11.6 Å². The maximum absolute atomic E-state index is 14.1. The molecule has 0 aliphatic rings. The normalized spacial score (nSPS) is 12.0. The molecule has 3 aromatic rings. The Morgan fingerprint density at radius 2 is 1.62 bits per heavy atom. The summed E-state index contributed by atoms with van der Waals surface area (Å²) >= 11 is 6.29. The van der Waals surface area contributed by atoms with Crippen molar-refractivity contribution >= 4 is 39.1 Å². The average molecular weight is 570 g/mol. The van der Waals surface area contributed by atoms with E-state index in [0.717, 1.165) is 33.7 Å². The third kappa shape index (κ3) is 8.07. The fourth-order valence-corrected chi connectivity index (χ4v) is 5.42. The molecule has 39 heavy (non-hydrogen) atoms. The van der Waals surface area contributed by atoms with E-state index >= 15 is 0 Å². The van der Waals surface area contributed by atoms with Crippen molar-refractivity contribution in [3.8, 4) is 0 Å². The number of carbonyl (C=O) groups is 2. The minimum absolute atomic E-state index is 0.148. The van der Waals surface area contributed by atoms with Crippen LogP contribution in [-0.4, -0.2) is 50.5 Å². The molecular formula is C30H36ClN3O4S. The van der Waals surface area contributed by atoms with Gasteiger partial charge in [-0.05, 0) is 54.7 Å². The fourth-order valence-electron chi connectivity index (χ4n) is 4.35. The first-order valence-corrected chi connectivity index (χ1v) is 15.1. The van der Waals surface area contributed by atoms with Crippen molar-refractivity contribution < 1.29 is 18.0 Å². The first-order valence-electron chi connectivity index (χ1n) is 12.9. The minimum Gasteiger partial charge on any atom is -0.354 e. The van der Waals surface area contributed by atoms with E-state index in [2.05, 4.69) is 5.32 Å². The molecule has 0 aromatic heterocycles. The number of amides is 2. The van der Waals surface area contributed by atoms with Gasteiger partial charge in [0.2, 0.25) is 21.8 Å². The number of benzene rings is 3. The largest absolute Gasteiger partial charge is 0.354 e. The lowest BCUT2D eigenvalue weighted by Crippen LogP contribution is -2.53. The van der Waals surface area contributed by atoms with Crippen LogP contribution < -0.4 is 9.62 Å². The summed E-state index contributed by atoms with van der Waals surface area (Å²) < 4.78 is 26.9. The molecule has 0 heterocycles. The van der Waals surface area contributed by atoms with Gasteiger partial charge in [0.1, 0.15) is 12.6 Å². The fraction of sp³-hybridized carbons (Fsp3) is 0.333. The van der Waals surface area contributed by atoms with Crippen molar-refractivity contribution in [2.45, 2.75) is 46.2 Å². The molecule has 0 aliphatic carbocycles. The van der Waals surface area contributed by atoms with Crippen LogP contribution in [0.5, 0.6) is 0 Å². The number of nitrogens with one attached hydrogen (secondary N) is 1. The smallest absolute Gasteiger partial charge is 0.244 e. The Kier molecular flexibility index (Phi) is 10.5. The summed E-state index contributed by atoms with van der Waals surface area (Å²) in [5.41, 5.74) is 3.60. The first kappa shape index (κ1) is 30.2. The second-order valence-electron chi connectivity index (χ2n) is 9.60. The summed E-state index contributed by atoms with van der Waals surface area (Å²) in [6, 6.07) is 21.2. The zero-order chi connectivity index (χ0) is 28.6. The first-order chi connectivity index (χ1) is 18.5. The Hall–Kier alpha value is -3.36. The van der Waals surface area contributed by atoms with E-state index in [9.17, 15) is 18.0 Å². The molecule has 2 amide bonds. The number of halogens is 1. The summed E-state index contributed by atoms with van der Waals surface area (Å²) in [7, 11) is -3.86. The molecule has 1 N–H and O–H groups in total. The Morgan fingerprint density at radius 3 is 2.26 bits per heavy atom. The van der Waals surface area contributed by atoms with Gasteiger partial charge in [-0.1, -0.05) is 79.2 Å². The van der Waals surface area contributed by atoms with Gasteiger partial charge in [0.05, 0.1) is 11.9 Å². The van der Waals surface area contributed by atoms with Crippen molar-refractivity contribution in [2.24, 2.45) is 0 Å². The second-order valence-corrected chi connectivity index (χ2v) is 11.9. The second kappa shape index (κ2) is 13.6. The number of carbonyl (C=O) groups excluding carboxylic acids is 2. The van der Waals surface area contributed by atoms with Crippen molar-refractivity contribution in [3.63, 3.8) is 0 Å². The van der Waals surface area contributed by atoms with Crippen molar-refractivity contribution in [3.05, 3.63) is 100 Å². The zero-order valence-electron chi connectivity index (χ0n) is 22.9. The van der Waals surface area contributed by atoms with Crippen LogP contribution in [0, 0.1) is 13.8 Å². The number of hydrogen-bond acceptors (Lipinski definition) is 4. The number of sulfonamides is 1. The molecular weight excluding hydrogens is 534 g/mol. The molecule has 0 saturated heterocycles.